The van der Waals surface area contributed by atoms with E-state index in [1.54, 1.807) is 36.4 Å². The van der Waals surface area contributed by atoms with Crippen molar-refractivity contribution < 1.29 is 14.3 Å². The molecule has 1 aromatic heterocycles. The SMILES string of the molecule is C=CCOc1ccccc1C(=O)NNC(=S)NC(=O)C=Cc1cccs1. The zero-order valence-electron chi connectivity index (χ0n) is 13.7. The molecule has 2 amide bonds. The molecule has 26 heavy (non-hydrogen) atoms. The molecule has 134 valence electrons. The summed E-state index contributed by atoms with van der Waals surface area (Å²) in [7, 11) is 0. The number of carbonyl (C=O) groups excluding carboxylic acids is 2. The van der Waals surface area contributed by atoms with Gasteiger partial charge in [0.2, 0.25) is 5.91 Å². The van der Waals surface area contributed by atoms with E-state index in [9.17, 15) is 9.59 Å². The molecule has 0 unspecified atom stereocenters. The van der Waals surface area contributed by atoms with Gasteiger partial charge in [0.05, 0.1) is 5.56 Å². The summed E-state index contributed by atoms with van der Waals surface area (Å²) >= 11 is 6.49. The predicted octanol–water partition coefficient (Wildman–Crippen LogP) is 2.66. The molecule has 1 heterocycles. The number of ether oxygens (including phenoxy) is 1. The highest BCUT2D eigenvalue weighted by Crippen LogP contribution is 2.17. The minimum Gasteiger partial charge on any atom is -0.489 e. The molecule has 2 rings (SSSR count). The number of rotatable bonds is 6. The molecule has 0 spiro atoms. The monoisotopic (exact) mass is 387 g/mol. The van der Waals surface area contributed by atoms with E-state index in [1.165, 1.54) is 17.4 Å². The number of hydrogen-bond donors (Lipinski definition) is 3. The van der Waals surface area contributed by atoms with Crippen LogP contribution in [0.15, 0.2) is 60.5 Å². The first-order valence-corrected chi connectivity index (χ1v) is 8.84. The largest absolute Gasteiger partial charge is 0.489 e. The van der Waals surface area contributed by atoms with Crippen LogP contribution in [0.2, 0.25) is 0 Å². The first-order valence-electron chi connectivity index (χ1n) is 7.55. The predicted molar refractivity (Wildman–Crippen MR) is 107 cm³/mol. The third kappa shape index (κ3) is 6.15. The Morgan fingerprint density at radius 3 is 2.73 bits per heavy atom. The van der Waals surface area contributed by atoms with Crippen LogP contribution in [0.25, 0.3) is 6.08 Å². The van der Waals surface area contributed by atoms with Crippen LogP contribution in [-0.2, 0) is 4.79 Å². The minimum atomic E-state index is -0.449. The van der Waals surface area contributed by atoms with Gasteiger partial charge in [0.25, 0.3) is 5.91 Å². The van der Waals surface area contributed by atoms with Crippen LogP contribution in [0.5, 0.6) is 5.75 Å². The van der Waals surface area contributed by atoms with Crippen molar-refractivity contribution in [3.8, 4) is 5.75 Å². The standard InChI is InChI=1S/C18H17N3O3S2/c1-2-11-24-15-8-4-3-7-14(15)17(23)20-21-18(25)19-16(22)10-9-13-6-5-12-26-13/h2-10,12H,1,11H2,(H,20,23)(H2,19,21,22,25). The second kappa shape index (κ2) is 10.1. The molecule has 0 aliphatic rings. The van der Waals surface area contributed by atoms with Crippen molar-refractivity contribution in [1.82, 2.24) is 16.2 Å². The zero-order chi connectivity index (χ0) is 18.8. The normalized spacial score (nSPS) is 10.2. The topological polar surface area (TPSA) is 79.5 Å². The van der Waals surface area contributed by atoms with Gasteiger partial charge in [-0.05, 0) is 41.9 Å². The van der Waals surface area contributed by atoms with E-state index in [1.807, 2.05) is 17.5 Å². The fourth-order valence-corrected chi connectivity index (χ4v) is 2.61. The van der Waals surface area contributed by atoms with Crippen LogP contribution in [0.3, 0.4) is 0 Å². The molecule has 0 bridgehead atoms. The van der Waals surface area contributed by atoms with Crippen LogP contribution in [0.1, 0.15) is 15.2 Å². The van der Waals surface area contributed by atoms with E-state index >= 15 is 0 Å². The number of amides is 2. The van der Waals surface area contributed by atoms with Crippen LogP contribution in [-0.4, -0.2) is 23.5 Å². The van der Waals surface area contributed by atoms with Crippen LogP contribution < -0.4 is 20.9 Å². The summed E-state index contributed by atoms with van der Waals surface area (Å²) in [6, 6.07) is 10.5. The molecule has 0 fully saturated rings. The number of thiophene rings is 1. The van der Waals surface area contributed by atoms with Gasteiger partial charge in [-0.3, -0.25) is 25.8 Å². The number of hydrazine groups is 1. The summed E-state index contributed by atoms with van der Waals surface area (Å²) in [5.41, 5.74) is 5.23. The molecule has 0 aliphatic carbocycles. The molecule has 0 radical (unpaired) electrons. The van der Waals surface area contributed by atoms with Crippen molar-refractivity contribution in [1.29, 1.82) is 0 Å². The Balaban J connectivity index is 1.84. The first kappa shape index (κ1) is 19.4. The zero-order valence-corrected chi connectivity index (χ0v) is 15.4. The molecule has 3 N–H and O–H groups in total. The number of thiocarbonyl (C=S) groups is 1. The molecule has 0 aliphatic heterocycles. The van der Waals surface area contributed by atoms with E-state index in [4.69, 9.17) is 17.0 Å². The maximum absolute atomic E-state index is 12.2. The van der Waals surface area contributed by atoms with E-state index in [0.29, 0.717) is 11.3 Å². The molecule has 8 heteroatoms. The Labute approximate surface area is 160 Å². The highest BCUT2D eigenvalue weighted by atomic mass is 32.1. The van der Waals surface area contributed by atoms with Crippen LogP contribution >= 0.6 is 23.6 Å². The molecular formula is C18H17N3O3S2. The highest BCUT2D eigenvalue weighted by molar-refractivity contribution is 7.80. The molecule has 0 saturated carbocycles. The molecule has 2 aromatic rings. The second-order valence-electron chi connectivity index (χ2n) is 4.84. The summed E-state index contributed by atoms with van der Waals surface area (Å²) in [6.07, 6.45) is 4.62. The van der Waals surface area contributed by atoms with Gasteiger partial charge in [0.15, 0.2) is 5.11 Å². The van der Waals surface area contributed by atoms with E-state index in [0.717, 1.165) is 4.88 Å². The lowest BCUT2D eigenvalue weighted by molar-refractivity contribution is -0.115. The van der Waals surface area contributed by atoms with Gasteiger partial charge in [-0.25, -0.2) is 0 Å². The van der Waals surface area contributed by atoms with Gasteiger partial charge < -0.3 is 4.74 Å². The average Bonchev–Trinajstić information content (AvgIpc) is 3.16. The third-order valence-electron chi connectivity index (χ3n) is 2.96. The Bertz CT molecular complexity index is 817. The third-order valence-corrected chi connectivity index (χ3v) is 4.00. The lowest BCUT2D eigenvalue weighted by Gasteiger charge is -2.12. The number of carbonyl (C=O) groups is 2. The Hall–Kier alpha value is -2.97. The number of benzene rings is 1. The van der Waals surface area contributed by atoms with Gasteiger partial charge in [-0.2, -0.15) is 0 Å². The van der Waals surface area contributed by atoms with Crippen molar-refractivity contribution >= 4 is 46.6 Å². The average molecular weight is 387 g/mol. The summed E-state index contributed by atoms with van der Waals surface area (Å²) in [4.78, 5) is 25.0. The summed E-state index contributed by atoms with van der Waals surface area (Å²) < 4.78 is 5.43. The molecular weight excluding hydrogens is 370 g/mol. The molecule has 6 nitrogen and oxygen atoms in total. The maximum atomic E-state index is 12.2. The number of para-hydroxylation sites is 1. The van der Waals surface area contributed by atoms with Crippen molar-refractivity contribution in [2.45, 2.75) is 0 Å². The molecule has 1 aromatic carbocycles. The first-order chi connectivity index (χ1) is 12.6. The van der Waals surface area contributed by atoms with Crippen molar-refractivity contribution in [3.05, 3.63) is 70.9 Å². The molecule has 0 saturated heterocycles. The molecule has 0 atom stereocenters. The van der Waals surface area contributed by atoms with E-state index < -0.39 is 11.8 Å². The number of hydrogen-bond acceptors (Lipinski definition) is 5. The van der Waals surface area contributed by atoms with Crippen LogP contribution in [0, 0.1) is 0 Å². The van der Waals surface area contributed by atoms with Gasteiger partial charge in [-0.15, -0.1) is 11.3 Å². The summed E-state index contributed by atoms with van der Waals surface area (Å²) in [6.45, 7) is 3.85. The van der Waals surface area contributed by atoms with Crippen LogP contribution in [0.4, 0.5) is 0 Å². The lowest BCUT2D eigenvalue weighted by Crippen LogP contribution is -2.48. The minimum absolute atomic E-state index is 0.0244. The second-order valence-corrected chi connectivity index (χ2v) is 6.23. The van der Waals surface area contributed by atoms with E-state index in [2.05, 4.69) is 22.7 Å². The Kier molecular flexibility index (Phi) is 7.53. The van der Waals surface area contributed by atoms with Gasteiger partial charge in [0.1, 0.15) is 12.4 Å². The fraction of sp³-hybridized carbons (Fsp3) is 0.0556. The summed E-state index contributed by atoms with van der Waals surface area (Å²) in [5.74, 6) is -0.434. The lowest BCUT2D eigenvalue weighted by atomic mass is 10.2. The highest BCUT2D eigenvalue weighted by Gasteiger charge is 2.12. The smallest absolute Gasteiger partial charge is 0.273 e. The van der Waals surface area contributed by atoms with Crippen molar-refractivity contribution in [3.63, 3.8) is 0 Å². The maximum Gasteiger partial charge on any atom is 0.273 e. The quantitative estimate of drug-likeness (QED) is 0.307. The fourth-order valence-electron chi connectivity index (χ4n) is 1.84. The Morgan fingerprint density at radius 2 is 2.00 bits per heavy atom. The van der Waals surface area contributed by atoms with Gasteiger partial charge >= 0.3 is 0 Å². The van der Waals surface area contributed by atoms with Crippen molar-refractivity contribution in [2.75, 3.05) is 6.61 Å². The summed E-state index contributed by atoms with van der Waals surface area (Å²) in [5, 5.41) is 4.33. The van der Waals surface area contributed by atoms with Gasteiger partial charge in [0, 0.05) is 11.0 Å². The number of nitrogens with one attached hydrogen (secondary N) is 3. The van der Waals surface area contributed by atoms with E-state index in [-0.39, 0.29) is 11.7 Å². The Morgan fingerprint density at radius 1 is 1.19 bits per heavy atom. The van der Waals surface area contributed by atoms with Gasteiger partial charge in [-0.1, -0.05) is 30.9 Å². The van der Waals surface area contributed by atoms with Crippen molar-refractivity contribution in [2.24, 2.45) is 0 Å².